The van der Waals surface area contributed by atoms with Gasteiger partial charge in [-0.05, 0) is 38.0 Å². The van der Waals surface area contributed by atoms with Gasteiger partial charge in [0.15, 0.2) is 5.16 Å². The van der Waals surface area contributed by atoms with E-state index in [4.69, 9.17) is 4.74 Å². The lowest BCUT2D eigenvalue weighted by Gasteiger charge is -2.26. The van der Waals surface area contributed by atoms with Crippen LogP contribution >= 0.6 is 11.8 Å². The molecule has 1 heterocycles. The summed E-state index contributed by atoms with van der Waals surface area (Å²) in [6.45, 7) is 3.80. The zero-order valence-corrected chi connectivity index (χ0v) is 14.3. The Kier molecular flexibility index (Phi) is 7.18. The van der Waals surface area contributed by atoms with Crippen molar-refractivity contribution in [2.75, 3.05) is 19.5 Å². The third kappa shape index (κ3) is 5.61. The van der Waals surface area contributed by atoms with Crippen molar-refractivity contribution in [3.63, 3.8) is 0 Å². The molecule has 22 heavy (non-hydrogen) atoms. The van der Waals surface area contributed by atoms with Crippen LogP contribution in [0.15, 0.2) is 11.5 Å². The van der Waals surface area contributed by atoms with Gasteiger partial charge in [-0.25, -0.2) is 0 Å². The van der Waals surface area contributed by atoms with Gasteiger partial charge in [-0.15, -0.1) is 10.2 Å². The molecule has 0 radical (unpaired) electrons. The molecule has 0 unspecified atom stereocenters. The monoisotopic (exact) mass is 326 g/mol. The number of rotatable bonds is 8. The fourth-order valence-electron chi connectivity index (χ4n) is 2.69. The van der Waals surface area contributed by atoms with Crippen LogP contribution in [-0.4, -0.2) is 46.2 Å². The number of aromatic nitrogens is 3. The molecule has 0 spiro atoms. The Hall–Kier alpha value is -1.08. The first-order valence-electron chi connectivity index (χ1n) is 7.98. The topological polar surface area (TPSA) is 69.0 Å². The molecule has 124 valence electrons. The zero-order chi connectivity index (χ0) is 15.8. The van der Waals surface area contributed by atoms with Gasteiger partial charge in [0.2, 0.25) is 5.91 Å². The number of aryl methyl sites for hydroxylation is 1. The molecule has 0 aliphatic heterocycles. The first-order chi connectivity index (χ1) is 10.7. The molecule has 6 nitrogen and oxygen atoms in total. The molecule has 7 heteroatoms. The van der Waals surface area contributed by atoms with E-state index < -0.39 is 0 Å². The summed E-state index contributed by atoms with van der Waals surface area (Å²) in [5.41, 5.74) is 0. The third-order valence-electron chi connectivity index (χ3n) is 4.04. The maximum absolute atomic E-state index is 12.1. The Morgan fingerprint density at radius 3 is 2.95 bits per heavy atom. The standard InChI is InChI=1S/C15H26N4O2S/c1-12-4-6-13(7-5-12)17-14(20)10-22-15-18-16-11-19(15)8-3-9-21-2/h11-13H,3-10H2,1-2H3,(H,17,20). The van der Waals surface area contributed by atoms with Gasteiger partial charge in [-0.1, -0.05) is 18.7 Å². The van der Waals surface area contributed by atoms with Crippen molar-refractivity contribution < 1.29 is 9.53 Å². The number of carbonyl (C=O) groups is 1. The molecule has 0 bridgehead atoms. The molecule has 2 rings (SSSR count). The molecule has 1 aromatic heterocycles. The van der Waals surface area contributed by atoms with Crippen LogP contribution in [-0.2, 0) is 16.1 Å². The highest BCUT2D eigenvalue weighted by atomic mass is 32.2. The maximum Gasteiger partial charge on any atom is 0.230 e. The van der Waals surface area contributed by atoms with Crippen molar-refractivity contribution in [1.29, 1.82) is 0 Å². The van der Waals surface area contributed by atoms with Crippen LogP contribution in [0.4, 0.5) is 0 Å². The number of amides is 1. The van der Waals surface area contributed by atoms with Gasteiger partial charge in [0.05, 0.1) is 5.75 Å². The second kappa shape index (κ2) is 9.15. The van der Waals surface area contributed by atoms with Crippen LogP contribution in [0.25, 0.3) is 0 Å². The van der Waals surface area contributed by atoms with E-state index in [0.29, 0.717) is 18.4 Å². The fourth-order valence-corrected chi connectivity index (χ4v) is 3.45. The molecule has 1 aliphatic rings. The first kappa shape index (κ1) is 17.3. The summed E-state index contributed by atoms with van der Waals surface area (Å²) in [5.74, 6) is 1.29. The zero-order valence-electron chi connectivity index (χ0n) is 13.5. The van der Waals surface area contributed by atoms with Crippen molar-refractivity contribution in [2.45, 2.75) is 56.8 Å². The lowest BCUT2D eigenvalue weighted by molar-refractivity contribution is -0.119. The van der Waals surface area contributed by atoms with Crippen LogP contribution in [0, 0.1) is 5.92 Å². The first-order valence-corrected chi connectivity index (χ1v) is 8.96. The Balaban J connectivity index is 1.71. The van der Waals surface area contributed by atoms with Crippen molar-refractivity contribution >= 4 is 17.7 Å². The van der Waals surface area contributed by atoms with Crippen LogP contribution in [0.3, 0.4) is 0 Å². The minimum absolute atomic E-state index is 0.0935. The number of carbonyl (C=O) groups excluding carboxylic acids is 1. The van der Waals surface area contributed by atoms with Gasteiger partial charge in [0.1, 0.15) is 6.33 Å². The van der Waals surface area contributed by atoms with Gasteiger partial charge in [0, 0.05) is 26.3 Å². The number of thioether (sulfide) groups is 1. The van der Waals surface area contributed by atoms with E-state index in [2.05, 4.69) is 22.4 Å². The number of hydrogen-bond acceptors (Lipinski definition) is 5. The quantitative estimate of drug-likeness (QED) is 0.585. The largest absolute Gasteiger partial charge is 0.385 e. The van der Waals surface area contributed by atoms with Crippen molar-refractivity contribution in [2.24, 2.45) is 5.92 Å². The van der Waals surface area contributed by atoms with E-state index in [-0.39, 0.29) is 5.91 Å². The van der Waals surface area contributed by atoms with Crippen LogP contribution < -0.4 is 5.32 Å². The molecule has 0 saturated heterocycles. The van der Waals surface area contributed by atoms with Gasteiger partial charge in [-0.2, -0.15) is 0 Å². The highest BCUT2D eigenvalue weighted by Gasteiger charge is 2.20. The fraction of sp³-hybridized carbons (Fsp3) is 0.800. The number of hydrogen-bond donors (Lipinski definition) is 1. The normalized spacial score (nSPS) is 21.7. The lowest BCUT2D eigenvalue weighted by Crippen LogP contribution is -2.38. The van der Waals surface area contributed by atoms with Gasteiger partial charge >= 0.3 is 0 Å². The second-order valence-corrected chi connectivity index (χ2v) is 6.91. The smallest absolute Gasteiger partial charge is 0.230 e. The molecule has 1 aliphatic carbocycles. The minimum atomic E-state index is 0.0935. The van der Waals surface area contributed by atoms with Crippen LogP contribution in [0.1, 0.15) is 39.0 Å². The van der Waals surface area contributed by atoms with E-state index in [1.165, 1.54) is 24.6 Å². The minimum Gasteiger partial charge on any atom is -0.385 e. The van der Waals surface area contributed by atoms with E-state index in [1.54, 1.807) is 13.4 Å². The molecule has 0 aromatic carbocycles. The van der Waals surface area contributed by atoms with Crippen LogP contribution in [0.5, 0.6) is 0 Å². The highest BCUT2D eigenvalue weighted by molar-refractivity contribution is 7.99. The Morgan fingerprint density at radius 1 is 1.45 bits per heavy atom. The summed E-state index contributed by atoms with van der Waals surface area (Å²) in [6.07, 6.45) is 7.25. The summed E-state index contributed by atoms with van der Waals surface area (Å²) in [6, 6.07) is 0.351. The van der Waals surface area contributed by atoms with E-state index in [9.17, 15) is 4.79 Å². The Bertz CT molecular complexity index is 458. The molecule has 0 atom stereocenters. The van der Waals surface area contributed by atoms with Gasteiger partial charge in [0.25, 0.3) is 0 Å². The molecule has 1 saturated carbocycles. The number of nitrogens with zero attached hydrogens (tertiary/aromatic N) is 3. The predicted octanol–water partition coefficient (Wildman–Crippen LogP) is 2.10. The van der Waals surface area contributed by atoms with Crippen molar-refractivity contribution in [1.82, 2.24) is 20.1 Å². The highest BCUT2D eigenvalue weighted by Crippen LogP contribution is 2.23. The number of ether oxygens (including phenoxy) is 1. The number of nitrogens with one attached hydrogen (secondary N) is 1. The van der Waals surface area contributed by atoms with Crippen molar-refractivity contribution in [3.05, 3.63) is 6.33 Å². The molecule has 1 aromatic rings. The predicted molar refractivity (Wildman–Crippen MR) is 86.8 cm³/mol. The molecule has 1 N–H and O–H groups in total. The summed E-state index contributed by atoms with van der Waals surface area (Å²) >= 11 is 1.45. The lowest BCUT2D eigenvalue weighted by atomic mass is 9.87. The second-order valence-electron chi connectivity index (χ2n) is 5.97. The van der Waals surface area contributed by atoms with Gasteiger partial charge in [-0.3, -0.25) is 4.79 Å². The number of methoxy groups -OCH3 is 1. The molecule has 1 fully saturated rings. The van der Waals surface area contributed by atoms with E-state index in [1.807, 2.05) is 4.57 Å². The van der Waals surface area contributed by atoms with Gasteiger partial charge < -0.3 is 14.6 Å². The molecule has 1 amide bonds. The Labute approximate surface area is 136 Å². The summed E-state index contributed by atoms with van der Waals surface area (Å²) in [4.78, 5) is 12.1. The molecular weight excluding hydrogens is 300 g/mol. The molecular formula is C15H26N4O2S. The third-order valence-corrected chi connectivity index (χ3v) is 5.02. The average molecular weight is 326 g/mol. The summed E-state index contributed by atoms with van der Waals surface area (Å²) in [7, 11) is 1.69. The average Bonchev–Trinajstić information content (AvgIpc) is 2.95. The van der Waals surface area contributed by atoms with E-state index in [0.717, 1.165) is 36.9 Å². The Morgan fingerprint density at radius 2 is 2.23 bits per heavy atom. The van der Waals surface area contributed by atoms with Crippen LogP contribution in [0.2, 0.25) is 0 Å². The summed E-state index contributed by atoms with van der Waals surface area (Å²) < 4.78 is 7.02. The SMILES string of the molecule is COCCCn1cnnc1SCC(=O)NC1CCC(C)CC1. The summed E-state index contributed by atoms with van der Waals surface area (Å²) in [5, 5.41) is 11.9. The van der Waals surface area contributed by atoms with E-state index >= 15 is 0 Å². The van der Waals surface area contributed by atoms with Crippen molar-refractivity contribution in [3.8, 4) is 0 Å². The maximum atomic E-state index is 12.1.